The molecule has 0 atom stereocenters. The topological polar surface area (TPSA) is 64.5 Å². The highest BCUT2D eigenvalue weighted by molar-refractivity contribution is 5.39. The molecule has 2 aromatic heterocycles. The Balaban J connectivity index is 2.46. The van der Waals surface area contributed by atoms with Gasteiger partial charge in [-0.25, -0.2) is 15.0 Å². The van der Waals surface area contributed by atoms with E-state index in [2.05, 4.69) is 31.3 Å². The molecule has 0 spiro atoms. The van der Waals surface area contributed by atoms with Gasteiger partial charge in [0.15, 0.2) is 5.82 Å². The average molecular weight is 158 g/mol. The molecule has 1 radical (unpaired) electrons. The zero-order chi connectivity index (χ0) is 8.23. The van der Waals surface area contributed by atoms with Crippen LogP contribution >= 0.6 is 0 Å². The molecule has 0 aromatic carbocycles. The van der Waals surface area contributed by atoms with Gasteiger partial charge in [-0.05, 0) is 6.07 Å². The van der Waals surface area contributed by atoms with Crippen LogP contribution in [0.15, 0.2) is 24.7 Å². The Morgan fingerprint density at radius 3 is 2.58 bits per heavy atom. The van der Waals surface area contributed by atoms with Crippen molar-refractivity contribution in [2.45, 2.75) is 0 Å². The van der Waals surface area contributed by atoms with Gasteiger partial charge < -0.3 is 0 Å². The second kappa shape index (κ2) is 3.00. The molecule has 0 saturated carbocycles. The van der Waals surface area contributed by atoms with Crippen LogP contribution in [0.3, 0.4) is 0 Å². The highest BCUT2D eigenvalue weighted by Gasteiger charge is 2.00. The van der Waals surface area contributed by atoms with E-state index < -0.39 is 0 Å². The van der Waals surface area contributed by atoms with Gasteiger partial charge in [-0.2, -0.15) is 5.10 Å². The molecule has 0 aliphatic carbocycles. The summed E-state index contributed by atoms with van der Waals surface area (Å²) in [5.41, 5.74) is 0. The van der Waals surface area contributed by atoms with E-state index in [0.717, 1.165) is 0 Å². The van der Waals surface area contributed by atoms with Crippen molar-refractivity contribution in [3.8, 4) is 11.6 Å². The lowest BCUT2D eigenvalue weighted by atomic mass is 10.5. The Morgan fingerprint density at radius 1 is 1.00 bits per heavy atom. The summed E-state index contributed by atoms with van der Waals surface area (Å²) in [6, 6.07) is 1.61. The van der Waals surface area contributed by atoms with Gasteiger partial charge in [-0.1, -0.05) is 0 Å². The summed E-state index contributed by atoms with van der Waals surface area (Å²) in [6.07, 6.45) is 7.26. The molecule has 0 aliphatic heterocycles. The Bertz CT molecular complexity index is 309. The predicted octanol–water partition coefficient (Wildman–Crippen LogP) is 0.129. The van der Waals surface area contributed by atoms with Crippen molar-refractivity contribution in [2.75, 3.05) is 0 Å². The van der Waals surface area contributed by atoms with Crippen molar-refractivity contribution >= 4 is 0 Å². The fourth-order valence-electron chi connectivity index (χ4n) is 0.726. The molecule has 57 valence electrons. The Kier molecular flexibility index (Phi) is 1.69. The first-order valence-electron chi connectivity index (χ1n) is 3.30. The summed E-state index contributed by atoms with van der Waals surface area (Å²) in [5.74, 6) is 0.847. The fraction of sp³-hybridized carbons (Fsp3) is 0. The van der Waals surface area contributed by atoms with Crippen LogP contribution in [0.25, 0.3) is 11.6 Å². The minimum absolute atomic E-state index is 0.411. The van der Waals surface area contributed by atoms with Crippen molar-refractivity contribution in [3.63, 3.8) is 0 Å². The van der Waals surface area contributed by atoms with Crippen LogP contribution < -0.4 is 0 Å². The Hall–Kier alpha value is -1.91. The molecule has 12 heavy (non-hydrogen) atoms. The van der Waals surface area contributed by atoms with Gasteiger partial charge in [0.05, 0.1) is 12.4 Å². The highest BCUT2D eigenvalue weighted by Crippen LogP contribution is 2.02. The first kappa shape index (κ1) is 6.78. The molecule has 5 heteroatoms. The molecule has 0 unspecified atom stereocenters. The van der Waals surface area contributed by atoms with Gasteiger partial charge in [0.25, 0.3) is 0 Å². The molecule has 0 aliphatic rings. The maximum atomic E-state index is 3.94. The van der Waals surface area contributed by atoms with Gasteiger partial charge in [-0.3, -0.25) is 0 Å². The number of nitrogens with zero attached hydrogens (tertiary/aromatic N) is 5. The SMILES string of the molecule is [c]1ccnc(-c2nccnn2)n1. The lowest BCUT2D eigenvalue weighted by Gasteiger charge is -1.92. The minimum atomic E-state index is 0.411. The highest BCUT2D eigenvalue weighted by atomic mass is 15.2. The second-order valence-corrected chi connectivity index (χ2v) is 1.98. The van der Waals surface area contributed by atoms with Crippen LogP contribution in [0, 0.1) is 6.20 Å². The van der Waals surface area contributed by atoms with Crippen LogP contribution in [0.1, 0.15) is 0 Å². The van der Waals surface area contributed by atoms with Gasteiger partial charge >= 0.3 is 0 Å². The first-order valence-corrected chi connectivity index (χ1v) is 3.30. The summed E-state index contributed by atoms with van der Waals surface area (Å²) in [6.45, 7) is 0. The minimum Gasteiger partial charge on any atom is -0.234 e. The number of rotatable bonds is 1. The van der Waals surface area contributed by atoms with Crippen molar-refractivity contribution < 1.29 is 0 Å². The standard InChI is InChI=1S/C7H4N5/c1-2-8-6(9-3-1)7-10-4-5-11-12-7/h1-2,4-5H. The van der Waals surface area contributed by atoms with E-state index in [9.17, 15) is 0 Å². The summed E-state index contributed by atoms with van der Waals surface area (Å²) in [5, 5.41) is 7.40. The van der Waals surface area contributed by atoms with Crippen molar-refractivity contribution in [1.82, 2.24) is 25.1 Å². The molecule has 0 saturated heterocycles. The van der Waals surface area contributed by atoms with Gasteiger partial charge in [0.1, 0.15) is 0 Å². The third-order valence-electron chi connectivity index (χ3n) is 1.20. The lowest BCUT2D eigenvalue weighted by molar-refractivity contribution is 0.953. The molecule has 2 rings (SSSR count). The van der Waals surface area contributed by atoms with Crippen molar-refractivity contribution in [1.29, 1.82) is 0 Å². The lowest BCUT2D eigenvalue weighted by Crippen LogP contribution is -1.94. The molecule has 0 bridgehead atoms. The third kappa shape index (κ3) is 1.24. The Morgan fingerprint density at radius 2 is 1.92 bits per heavy atom. The van der Waals surface area contributed by atoms with E-state index in [1.165, 1.54) is 6.20 Å². The van der Waals surface area contributed by atoms with E-state index in [4.69, 9.17) is 0 Å². The second-order valence-electron chi connectivity index (χ2n) is 1.98. The zero-order valence-electron chi connectivity index (χ0n) is 6.05. The molecular formula is C7H4N5. The molecular weight excluding hydrogens is 154 g/mol. The summed E-state index contributed by atoms with van der Waals surface area (Å²) >= 11 is 0. The zero-order valence-corrected chi connectivity index (χ0v) is 6.05. The van der Waals surface area contributed by atoms with Crippen LogP contribution in [-0.2, 0) is 0 Å². The predicted molar refractivity (Wildman–Crippen MR) is 39.7 cm³/mol. The van der Waals surface area contributed by atoms with Crippen LogP contribution in [0.4, 0.5) is 0 Å². The Labute approximate surface area is 68.6 Å². The van der Waals surface area contributed by atoms with E-state index in [1.807, 2.05) is 0 Å². The van der Waals surface area contributed by atoms with Crippen LogP contribution in [0.5, 0.6) is 0 Å². The normalized spacial score (nSPS) is 9.67. The third-order valence-corrected chi connectivity index (χ3v) is 1.20. The van der Waals surface area contributed by atoms with E-state index in [1.54, 1.807) is 18.5 Å². The maximum absolute atomic E-state index is 3.94. The average Bonchev–Trinajstić information content (AvgIpc) is 2.21. The van der Waals surface area contributed by atoms with Crippen LogP contribution in [-0.4, -0.2) is 25.1 Å². The smallest absolute Gasteiger partial charge is 0.219 e. The van der Waals surface area contributed by atoms with E-state index >= 15 is 0 Å². The molecule has 5 nitrogen and oxygen atoms in total. The first-order chi connectivity index (χ1) is 5.97. The quantitative estimate of drug-likeness (QED) is 0.590. The molecule has 2 heterocycles. The molecule has 0 amide bonds. The van der Waals surface area contributed by atoms with Gasteiger partial charge in [-0.15, -0.1) is 5.10 Å². The molecule has 0 N–H and O–H groups in total. The fourth-order valence-corrected chi connectivity index (χ4v) is 0.726. The van der Waals surface area contributed by atoms with Gasteiger partial charge in [0.2, 0.25) is 5.82 Å². The molecule has 0 fully saturated rings. The summed E-state index contributed by atoms with van der Waals surface area (Å²) in [4.78, 5) is 11.7. The number of hydrogen-bond acceptors (Lipinski definition) is 5. The van der Waals surface area contributed by atoms with Crippen LogP contribution in [0.2, 0.25) is 0 Å². The van der Waals surface area contributed by atoms with Gasteiger partial charge in [0, 0.05) is 12.4 Å². The maximum Gasteiger partial charge on any atom is 0.219 e. The number of hydrogen-bond donors (Lipinski definition) is 0. The monoisotopic (exact) mass is 158 g/mol. The summed E-state index contributed by atoms with van der Waals surface area (Å²) in [7, 11) is 0. The van der Waals surface area contributed by atoms with E-state index in [-0.39, 0.29) is 0 Å². The van der Waals surface area contributed by atoms with Crippen molar-refractivity contribution in [3.05, 3.63) is 30.9 Å². The molecule has 2 aromatic rings. The number of aromatic nitrogens is 5. The van der Waals surface area contributed by atoms with E-state index in [0.29, 0.717) is 11.6 Å². The van der Waals surface area contributed by atoms with Crippen molar-refractivity contribution in [2.24, 2.45) is 0 Å². The summed E-state index contributed by atoms with van der Waals surface area (Å²) < 4.78 is 0. The largest absolute Gasteiger partial charge is 0.234 e.